The van der Waals surface area contributed by atoms with Crippen molar-refractivity contribution in [3.8, 4) is 5.88 Å². The second kappa shape index (κ2) is 5.29. The van der Waals surface area contributed by atoms with E-state index in [2.05, 4.69) is 10.3 Å². The number of nitrogens with one attached hydrogen (secondary N) is 1. The molecule has 1 aromatic rings. The minimum atomic E-state index is -0.540. The zero-order valence-electron chi connectivity index (χ0n) is 9.06. The lowest BCUT2D eigenvalue weighted by Crippen LogP contribution is -2.28. The molecule has 0 aromatic carbocycles. The van der Waals surface area contributed by atoms with Crippen molar-refractivity contribution < 1.29 is 9.66 Å². The van der Waals surface area contributed by atoms with Crippen LogP contribution < -0.4 is 10.1 Å². The van der Waals surface area contributed by atoms with E-state index in [1.165, 1.54) is 6.07 Å². The van der Waals surface area contributed by atoms with E-state index in [1.807, 2.05) is 0 Å². The predicted octanol–water partition coefficient (Wildman–Crippen LogP) is 1.77. The maximum Gasteiger partial charge on any atom is 0.289 e. The van der Waals surface area contributed by atoms with E-state index in [1.54, 1.807) is 0 Å². The number of nitro groups is 1. The standard InChI is InChI=1S/C10H12ClN3O3/c11-9-4-8(14(15)16)5-13-10(9)17-6-7-2-1-3-12-7/h4-5,7,12H,1-3,6H2. The molecular weight excluding hydrogens is 246 g/mol. The first-order valence-corrected chi connectivity index (χ1v) is 5.71. The van der Waals surface area contributed by atoms with Gasteiger partial charge in [-0.1, -0.05) is 11.6 Å². The average Bonchev–Trinajstić information content (AvgIpc) is 2.80. The zero-order valence-corrected chi connectivity index (χ0v) is 9.81. The maximum atomic E-state index is 10.5. The number of aromatic nitrogens is 1. The SMILES string of the molecule is O=[N+]([O-])c1cnc(OCC2CCCN2)c(Cl)c1. The molecule has 1 aliphatic heterocycles. The monoisotopic (exact) mass is 257 g/mol. The number of pyridine rings is 1. The van der Waals surface area contributed by atoms with Crippen LogP contribution in [0.4, 0.5) is 5.69 Å². The van der Waals surface area contributed by atoms with Crippen molar-refractivity contribution in [2.75, 3.05) is 13.2 Å². The minimum Gasteiger partial charge on any atom is -0.475 e. The van der Waals surface area contributed by atoms with Crippen LogP contribution >= 0.6 is 11.6 Å². The van der Waals surface area contributed by atoms with Gasteiger partial charge in [0.2, 0.25) is 5.88 Å². The van der Waals surface area contributed by atoms with Crippen LogP contribution in [-0.2, 0) is 0 Å². The fourth-order valence-electron chi connectivity index (χ4n) is 1.70. The van der Waals surface area contributed by atoms with Crippen LogP contribution in [0.1, 0.15) is 12.8 Å². The molecule has 0 aliphatic carbocycles. The molecule has 6 nitrogen and oxygen atoms in total. The summed E-state index contributed by atoms with van der Waals surface area (Å²) in [6, 6.07) is 1.55. The van der Waals surface area contributed by atoms with Gasteiger partial charge in [-0.15, -0.1) is 0 Å². The molecule has 2 heterocycles. The van der Waals surface area contributed by atoms with Gasteiger partial charge >= 0.3 is 0 Å². The van der Waals surface area contributed by atoms with Crippen molar-refractivity contribution >= 4 is 17.3 Å². The second-order valence-electron chi connectivity index (χ2n) is 3.84. The van der Waals surface area contributed by atoms with E-state index >= 15 is 0 Å². The smallest absolute Gasteiger partial charge is 0.289 e. The Bertz CT molecular complexity index is 421. The first-order chi connectivity index (χ1) is 8.16. The first-order valence-electron chi connectivity index (χ1n) is 5.33. The van der Waals surface area contributed by atoms with Crippen molar-refractivity contribution in [3.63, 3.8) is 0 Å². The Kier molecular flexibility index (Phi) is 3.75. The van der Waals surface area contributed by atoms with Gasteiger partial charge in [0.1, 0.15) is 17.8 Å². The summed E-state index contributed by atoms with van der Waals surface area (Å²) in [6.07, 6.45) is 3.34. The highest BCUT2D eigenvalue weighted by Gasteiger charge is 2.17. The van der Waals surface area contributed by atoms with Gasteiger partial charge in [0.05, 0.1) is 4.92 Å². The van der Waals surface area contributed by atoms with Crippen LogP contribution in [0.25, 0.3) is 0 Å². The summed E-state index contributed by atoms with van der Waals surface area (Å²) in [5, 5.41) is 13.9. The van der Waals surface area contributed by atoms with Crippen LogP contribution in [-0.4, -0.2) is 29.1 Å². The number of halogens is 1. The summed E-state index contributed by atoms with van der Waals surface area (Å²) < 4.78 is 5.43. The molecule has 1 aliphatic rings. The lowest BCUT2D eigenvalue weighted by molar-refractivity contribution is -0.385. The molecule has 1 atom stereocenters. The molecule has 0 bridgehead atoms. The molecule has 1 aromatic heterocycles. The lowest BCUT2D eigenvalue weighted by atomic mass is 10.2. The second-order valence-corrected chi connectivity index (χ2v) is 4.25. The van der Waals surface area contributed by atoms with E-state index in [9.17, 15) is 10.1 Å². The number of ether oxygens (including phenoxy) is 1. The number of hydrogen-bond acceptors (Lipinski definition) is 5. The van der Waals surface area contributed by atoms with E-state index in [4.69, 9.17) is 16.3 Å². The van der Waals surface area contributed by atoms with E-state index < -0.39 is 4.92 Å². The normalized spacial score (nSPS) is 19.2. The van der Waals surface area contributed by atoms with Gasteiger partial charge in [-0.3, -0.25) is 10.1 Å². The number of rotatable bonds is 4. The van der Waals surface area contributed by atoms with Crippen LogP contribution in [0.2, 0.25) is 5.02 Å². The fourth-order valence-corrected chi connectivity index (χ4v) is 1.91. The topological polar surface area (TPSA) is 77.3 Å². The van der Waals surface area contributed by atoms with E-state index in [0.717, 1.165) is 25.6 Å². The molecule has 0 radical (unpaired) electrons. The van der Waals surface area contributed by atoms with Gasteiger partial charge in [-0.05, 0) is 19.4 Å². The summed E-state index contributed by atoms with van der Waals surface area (Å²) in [4.78, 5) is 13.8. The summed E-state index contributed by atoms with van der Waals surface area (Å²) >= 11 is 5.85. The summed E-state index contributed by atoms with van der Waals surface area (Å²) in [5.74, 6) is 0.242. The molecule has 0 spiro atoms. The lowest BCUT2D eigenvalue weighted by Gasteiger charge is -2.11. The van der Waals surface area contributed by atoms with Crippen LogP contribution in [0, 0.1) is 10.1 Å². The van der Waals surface area contributed by atoms with Crippen LogP contribution in [0.3, 0.4) is 0 Å². The molecular formula is C10H12ClN3O3. The third kappa shape index (κ3) is 3.04. The number of nitrogens with zero attached hydrogens (tertiary/aromatic N) is 2. The third-order valence-electron chi connectivity index (χ3n) is 2.59. The van der Waals surface area contributed by atoms with Crippen molar-refractivity contribution in [2.24, 2.45) is 0 Å². The van der Waals surface area contributed by atoms with Gasteiger partial charge < -0.3 is 10.1 Å². The van der Waals surface area contributed by atoms with Gasteiger partial charge in [0.25, 0.3) is 5.69 Å². The Morgan fingerprint density at radius 1 is 1.71 bits per heavy atom. The van der Waals surface area contributed by atoms with Crippen molar-refractivity contribution in [1.82, 2.24) is 10.3 Å². The average molecular weight is 258 g/mol. The fraction of sp³-hybridized carbons (Fsp3) is 0.500. The molecule has 1 fully saturated rings. The first kappa shape index (κ1) is 12.1. The molecule has 1 saturated heterocycles. The van der Waals surface area contributed by atoms with E-state index in [0.29, 0.717) is 12.6 Å². The largest absolute Gasteiger partial charge is 0.475 e. The van der Waals surface area contributed by atoms with E-state index in [-0.39, 0.29) is 16.6 Å². The molecule has 92 valence electrons. The summed E-state index contributed by atoms with van der Waals surface area (Å²) in [5.41, 5.74) is -0.138. The Morgan fingerprint density at radius 2 is 2.53 bits per heavy atom. The quantitative estimate of drug-likeness (QED) is 0.657. The van der Waals surface area contributed by atoms with Crippen molar-refractivity contribution in [2.45, 2.75) is 18.9 Å². The summed E-state index contributed by atoms with van der Waals surface area (Å²) in [6.45, 7) is 1.47. The molecule has 0 saturated carbocycles. The minimum absolute atomic E-state index is 0.138. The highest BCUT2D eigenvalue weighted by Crippen LogP contribution is 2.26. The Labute approximate surface area is 103 Å². The Morgan fingerprint density at radius 3 is 3.12 bits per heavy atom. The molecule has 1 unspecified atom stereocenters. The van der Waals surface area contributed by atoms with Gasteiger partial charge in [-0.25, -0.2) is 4.98 Å². The molecule has 2 rings (SSSR count). The van der Waals surface area contributed by atoms with Gasteiger partial charge in [-0.2, -0.15) is 0 Å². The van der Waals surface area contributed by atoms with Gasteiger partial charge in [0.15, 0.2) is 0 Å². The third-order valence-corrected chi connectivity index (χ3v) is 2.86. The Hall–Kier alpha value is -1.40. The van der Waals surface area contributed by atoms with Gasteiger partial charge in [0, 0.05) is 12.1 Å². The highest BCUT2D eigenvalue weighted by molar-refractivity contribution is 6.32. The van der Waals surface area contributed by atoms with Crippen LogP contribution in [0.5, 0.6) is 5.88 Å². The molecule has 1 N–H and O–H groups in total. The zero-order chi connectivity index (χ0) is 12.3. The predicted molar refractivity (Wildman–Crippen MR) is 62.4 cm³/mol. The van der Waals surface area contributed by atoms with Crippen molar-refractivity contribution in [1.29, 1.82) is 0 Å². The molecule has 7 heteroatoms. The highest BCUT2D eigenvalue weighted by atomic mass is 35.5. The van der Waals surface area contributed by atoms with Crippen molar-refractivity contribution in [3.05, 3.63) is 27.4 Å². The molecule has 17 heavy (non-hydrogen) atoms. The van der Waals surface area contributed by atoms with Crippen LogP contribution in [0.15, 0.2) is 12.3 Å². The summed E-state index contributed by atoms with van der Waals surface area (Å²) in [7, 11) is 0. The number of hydrogen-bond donors (Lipinski definition) is 1. The molecule has 0 amide bonds. The Balaban J connectivity index is 1.98. The maximum absolute atomic E-state index is 10.5.